The first-order chi connectivity index (χ1) is 12.5. The summed E-state index contributed by atoms with van der Waals surface area (Å²) in [6.45, 7) is 6.67. The van der Waals surface area contributed by atoms with Crippen LogP contribution in [0.25, 0.3) is 0 Å². The minimum Gasteiger partial charge on any atom is -0.444 e. The van der Waals surface area contributed by atoms with Gasteiger partial charge in [0.25, 0.3) is 0 Å². The molecule has 1 aromatic heterocycles. The van der Waals surface area contributed by atoms with E-state index in [2.05, 4.69) is 33.6 Å². The van der Waals surface area contributed by atoms with Crippen LogP contribution in [0.15, 0.2) is 30.3 Å². The van der Waals surface area contributed by atoms with Crippen LogP contribution in [0, 0.1) is 0 Å². The number of benzene rings is 1. The molecular formula is C17H21N5O4S. The van der Waals surface area contributed by atoms with Gasteiger partial charge >= 0.3 is 12.1 Å². The van der Waals surface area contributed by atoms with Gasteiger partial charge in [0.1, 0.15) is 11.4 Å². The number of amides is 3. The van der Waals surface area contributed by atoms with E-state index in [1.165, 1.54) is 13.0 Å². The fraction of sp³-hybridized carbons (Fsp3) is 0.294. The maximum absolute atomic E-state index is 12.3. The zero-order valence-electron chi connectivity index (χ0n) is 15.4. The standard InChI is InChI=1S/C17H21N5O4S/c1-10(23)11-6-5-7-12(8-11)18-15(24)22(27)14-9-13(20-21-14)19-16(25)26-17(2,3)4/h5-9,27H,1-4H3,(H,18,24)(H2,19,20,21,25). The Morgan fingerprint density at radius 3 is 2.52 bits per heavy atom. The maximum Gasteiger partial charge on any atom is 0.413 e. The molecule has 0 bridgehead atoms. The minimum absolute atomic E-state index is 0.112. The Hall–Kier alpha value is -3.01. The van der Waals surface area contributed by atoms with Gasteiger partial charge in [-0.25, -0.2) is 13.9 Å². The second-order valence-electron chi connectivity index (χ2n) is 6.65. The molecule has 10 heteroatoms. The number of H-pyrrole nitrogens is 1. The number of hydrogen-bond donors (Lipinski definition) is 4. The number of nitrogens with one attached hydrogen (secondary N) is 3. The van der Waals surface area contributed by atoms with Crippen molar-refractivity contribution < 1.29 is 19.1 Å². The van der Waals surface area contributed by atoms with E-state index in [0.717, 1.165) is 4.31 Å². The first-order valence-electron chi connectivity index (χ1n) is 8.01. The first-order valence-corrected chi connectivity index (χ1v) is 8.41. The van der Waals surface area contributed by atoms with Crippen molar-refractivity contribution in [2.45, 2.75) is 33.3 Å². The molecule has 0 spiro atoms. The number of rotatable bonds is 4. The topological polar surface area (TPSA) is 116 Å². The number of Topliss-reactive ketones (excluding diaryl/α,β-unsaturated/α-hetero) is 1. The fourth-order valence-electron chi connectivity index (χ4n) is 1.99. The van der Waals surface area contributed by atoms with Gasteiger partial charge in [0, 0.05) is 17.3 Å². The molecule has 3 N–H and O–H groups in total. The molecule has 2 rings (SSSR count). The summed E-state index contributed by atoms with van der Waals surface area (Å²) < 4.78 is 6.09. The van der Waals surface area contributed by atoms with E-state index in [9.17, 15) is 14.4 Å². The lowest BCUT2D eigenvalue weighted by atomic mass is 10.1. The Labute approximate surface area is 162 Å². The Kier molecular flexibility index (Phi) is 6.11. The Morgan fingerprint density at radius 1 is 1.19 bits per heavy atom. The predicted octanol–water partition coefficient (Wildman–Crippen LogP) is 3.84. The number of aromatic nitrogens is 2. The number of hydrogen-bond acceptors (Lipinski definition) is 6. The van der Waals surface area contributed by atoms with Crippen LogP contribution in [0.2, 0.25) is 0 Å². The SMILES string of the molecule is CC(=O)c1cccc(NC(=O)N(S)c2cc(NC(=O)OC(C)(C)C)[nH]n2)c1. The van der Waals surface area contributed by atoms with Gasteiger partial charge in [0.2, 0.25) is 0 Å². The van der Waals surface area contributed by atoms with Crippen LogP contribution < -0.4 is 14.9 Å². The van der Waals surface area contributed by atoms with Crippen molar-refractivity contribution in [3.63, 3.8) is 0 Å². The quantitative estimate of drug-likeness (QED) is 0.467. The van der Waals surface area contributed by atoms with Crippen molar-refractivity contribution in [3.8, 4) is 0 Å². The molecule has 0 aliphatic carbocycles. The highest BCUT2D eigenvalue weighted by atomic mass is 32.1. The lowest BCUT2D eigenvalue weighted by molar-refractivity contribution is 0.0635. The molecule has 1 heterocycles. The van der Waals surface area contributed by atoms with Crippen molar-refractivity contribution in [1.29, 1.82) is 0 Å². The highest BCUT2D eigenvalue weighted by molar-refractivity contribution is 7.82. The van der Waals surface area contributed by atoms with Gasteiger partial charge in [0.15, 0.2) is 11.6 Å². The molecule has 3 amide bonds. The molecule has 2 aromatic rings. The molecule has 0 aliphatic heterocycles. The number of urea groups is 1. The number of carbonyl (C=O) groups excluding carboxylic acids is 3. The number of ketones is 1. The van der Waals surface area contributed by atoms with E-state index in [4.69, 9.17) is 4.74 Å². The van der Waals surface area contributed by atoms with Gasteiger partial charge < -0.3 is 10.1 Å². The van der Waals surface area contributed by atoms with E-state index in [-0.39, 0.29) is 17.4 Å². The van der Waals surface area contributed by atoms with E-state index >= 15 is 0 Å². The number of aromatic amines is 1. The summed E-state index contributed by atoms with van der Waals surface area (Å²) in [6, 6.07) is 7.34. The second kappa shape index (κ2) is 8.12. The smallest absolute Gasteiger partial charge is 0.413 e. The van der Waals surface area contributed by atoms with Gasteiger partial charge in [-0.2, -0.15) is 5.10 Å². The summed E-state index contributed by atoms with van der Waals surface area (Å²) in [5, 5.41) is 11.6. The molecule has 0 saturated carbocycles. The summed E-state index contributed by atoms with van der Waals surface area (Å²) in [5.74, 6) is 0.285. The number of anilines is 3. The Bertz CT molecular complexity index is 859. The predicted molar refractivity (Wildman–Crippen MR) is 105 cm³/mol. The van der Waals surface area contributed by atoms with E-state index < -0.39 is 17.7 Å². The number of carbonyl (C=O) groups is 3. The van der Waals surface area contributed by atoms with Crippen molar-refractivity contribution >= 4 is 48.0 Å². The fourth-order valence-corrected chi connectivity index (χ4v) is 2.15. The Morgan fingerprint density at radius 2 is 1.89 bits per heavy atom. The summed E-state index contributed by atoms with van der Waals surface area (Å²) in [5.41, 5.74) is 0.271. The molecule has 0 aliphatic rings. The van der Waals surface area contributed by atoms with Gasteiger partial charge in [-0.15, -0.1) is 0 Å². The average molecular weight is 391 g/mol. The van der Waals surface area contributed by atoms with Crippen LogP contribution in [0.5, 0.6) is 0 Å². The molecule has 0 radical (unpaired) electrons. The number of thiol groups is 1. The van der Waals surface area contributed by atoms with Crippen molar-refractivity contribution in [3.05, 3.63) is 35.9 Å². The van der Waals surface area contributed by atoms with Crippen LogP contribution in [0.1, 0.15) is 38.1 Å². The van der Waals surface area contributed by atoms with E-state index in [0.29, 0.717) is 11.3 Å². The normalized spacial score (nSPS) is 10.9. The van der Waals surface area contributed by atoms with Gasteiger partial charge in [-0.3, -0.25) is 15.2 Å². The van der Waals surface area contributed by atoms with Crippen molar-refractivity contribution in [2.75, 3.05) is 14.9 Å². The van der Waals surface area contributed by atoms with Gasteiger partial charge in [0.05, 0.1) is 0 Å². The number of ether oxygens (including phenoxy) is 1. The summed E-state index contributed by atoms with van der Waals surface area (Å²) >= 11 is 4.11. The molecular weight excluding hydrogens is 370 g/mol. The highest BCUT2D eigenvalue weighted by Crippen LogP contribution is 2.20. The third kappa shape index (κ3) is 6.03. The maximum atomic E-state index is 12.3. The minimum atomic E-state index is -0.658. The second-order valence-corrected chi connectivity index (χ2v) is 7.05. The van der Waals surface area contributed by atoms with Gasteiger partial charge in [-0.1, -0.05) is 24.9 Å². The lowest BCUT2D eigenvalue weighted by Crippen LogP contribution is -2.27. The summed E-state index contributed by atoms with van der Waals surface area (Å²) in [7, 11) is 0. The third-order valence-electron chi connectivity index (χ3n) is 3.13. The molecule has 0 fully saturated rings. The van der Waals surface area contributed by atoms with Crippen LogP contribution in [0.3, 0.4) is 0 Å². The molecule has 0 unspecified atom stereocenters. The zero-order chi connectivity index (χ0) is 20.2. The van der Waals surface area contributed by atoms with Crippen molar-refractivity contribution in [1.82, 2.24) is 10.2 Å². The molecule has 144 valence electrons. The lowest BCUT2D eigenvalue weighted by Gasteiger charge is -2.19. The molecule has 0 atom stereocenters. The highest BCUT2D eigenvalue weighted by Gasteiger charge is 2.19. The first kappa shape index (κ1) is 20.3. The molecule has 1 aromatic carbocycles. The van der Waals surface area contributed by atoms with Gasteiger partial charge in [-0.05, 0) is 39.8 Å². The number of nitrogens with zero attached hydrogens (tertiary/aromatic N) is 2. The van der Waals surface area contributed by atoms with Crippen LogP contribution >= 0.6 is 12.8 Å². The molecule has 9 nitrogen and oxygen atoms in total. The largest absolute Gasteiger partial charge is 0.444 e. The third-order valence-corrected chi connectivity index (χ3v) is 3.52. The molecule has 0 saturated heterocycles. The zero-order valence-corrected chi connectivity index (χ0v) is 16.3. The average Bonchev–Trinajstić information content (AvgIpc) is 3.00. The van der Waals surface area contributed by atoms with E-state index in [1.807, 2.05) is 0 Å². The Balaban J connectivity index is 2.01. The van der Waals surface area contributed by atoms with Crippen molar-refractivity contribution in [2.24, 2.45) is 0 Å². The summed E-state index contributed by atoms with van der Waals surface area (Å²) in [6.07, 6.45) is -0.658. The van der Waals surface area contributed by atoms with Crippen LogP contribution in [-0.4, -0.2) is 33.7 Å². The van der Waals surface area contributed by atoms with Crippen LogP contribution in [-0.2, 0) is 4.74 Å². The monoisotopic (exact) mass is 391 g/mol. The molecule has 27 heavy (non-hydrogen) atoms. The summed E-state index contributed by atoms with van der Waals surface area (Å²) in [4.78, 5) is 35.5. The van der Waals surface area contributed by atoms with Crippen LogP contribution in [0.4, 0.5) is 26.9 Å². The van der Waals surface area contributed by atoms with E-state index in [1.54, 1.807) is 45.0 Å².